The van der Waals surface area contributed by atoms with Crippen LogP contribution in [0.15, 0.2) is 47.8 Å². The highest BCUT2D eigenvalue weighted by atomic mass is 32.2. The van der Waals surface area contributed by atoms with Gasteiger partial charge in [-0.05, 0) is 11.4 Å². The van der Waals surface area contributed by atoms with Gasteiger partial charge in [-0.25, -0.2) is 0 Å². The molecule has 1 N–H and O–H groups in total. The molecule has 24 heavy (non-hydrogen) atoms. The lowest BCUT2D eigenvalue weighted by Gasteiger charge is -2.43. The van der Waals surface area contributed by atoms with Crippen LogP contribution in [0.2, 0.25) is 0 Å². The second kappa shape index (κ2) is 5.92. The van der Waals surface area contributed by atoms with Crippen LogP contribution in [0.5, 0.6) is 0 Å². The molecule has 1 aromatic carbocycles. The Kier molecular flexibility index (Phi) is 3.87. The molecule has 0 radical (unpaired) electrons. The van der Waals surface area contributed by atoms with Crippen molar-refractivity contribution in [2.24, 2.45) is 5.92 Å². The summed E-state index contributed by atoms with van der Waals surface area (Å²) in [6, 6.07) is 15.6. The number of fused-ring (bicyclic) bond motifs is 1. The molecule has 2 aliphatic rings. The van der Waals surface area contributed by atoms with E-state index in [1.807, 2.05) is 47.8 Å². The fourth-order valence-corrected chi connectivity index (χ4v) is 6.13. The summed E-state index contributed by atoms with van der Waals surface area (Å²) < 4.78 is 0. The van der Waals surface area contributed by atoms with E-state index >= 15 is 0 Å². The molecule has 0 aliphatic carbocycles. The Balaban J connectivity index is 1.73. The Morgan fingerprint density at radius 2 is 2.04 bits per heavy atom. The lowest BCUT2D eigenvalue weighted by Crippen LogP contribution is -2.55. The van der Waals surface area contributed by atoms with Crippen LogP contribution in [-0.4, -0.2) is 27.0 Å². The molecule has 4 unspecified atom stereocenters. The molecular weight excluding hydrogens is 340 g/mol. The normalized spacial score (nSPS) is 32.4. The second-order valence-electron chi connectivity index (χ2n) is 6.13. The van der Waals surface area contributed by atoms with Crippen LogP contribution < -0.4 is 0 Å². The zero-order chi connectivity index (χ0) is 16.7. The number of aliphatic hydroxyl groups is 1. The summed E-state index contributed by atoms with van der Waals surface area (Å²) in [6.07, 6.45) is 0.269. The summed E-state index contributed by atoms with van der Waals surface area (Å²) in [5, 5.41) is 22.7. The summed E-state index contributed by atoms with van der Waals surface area (Å²) in [7, 11) is 0. The largest absolute Gasteiger partial charge is 0.366 e. The molecule has 0 saturated carbocycles. The van der Waals surface area contributed by atoms with Gasteiger partial charge in [0.15, 0.2) is 5.72 Å². The Hall–Kier alpha value is -1.81. The highest BCUT2D eigenvalue weighted by molar-refractivity contribution is 8.00. The third-order valence-electron chi connectivity index (χ3n) is 4.81. The van der Waals surface area contributed by atoms with Gasteiger partial charge in [0.05, 0.1) is 17.4 Å². The molecule has 1 amide bonds. The van der Waals surface area contributed by atoms with E-state index in [9.17, 15) is 15.2 Å². The van der Waals surface area contributed by atoms with Gasteiger partial charge in [-0.2, -0.15) is 5.26 Å². The van der Waals surface area contributed by atoms with E-state index in [1.165, 1.54) is 11.8 Å². The van der Waals surface area contributed by atoms with Crippen molar-refractivity contribution in [1.82, 2.24) is 4.90 Å². The molecule has 1 aromatic heterocycles. The van der Waals surface area contributed by atoms with Crippen LogP contribution in [0.3, 0.4) is 0 Å². The first-order chi connectivity index (χ1) is 11.6. The van der Waals surface area contributed by atoms with Crippen LogP contribution >= 0.6 is 23.1 Å². The monoisotopic (exact) mass is 356 g/mol. The minimum Gasteiger partial charge on any atom is -0.366 e. The fraction of sp³-hybridized carbons (Fsp3) is 0.333. The molecule has 4 rings (SSSR count). The number of amides is 1. The topological polar surface area (TPSA) is 64.3 Å². The number of benzene rings is 1. The third-order valence-corrected chi connectivity index (χ3v) is 7.23. The number of piperidine rings is 1. The number of carbonyl (C=O) groups excluding carboxylic acids is 1. The average molecular weight is 356 g/mol. The number of hydrogen-bond donors (Lipinski definition) is 1. The van der Waals surface area contributed by atoms with Crippen molar-refractivity contribution in [2.45, 2.75) is 23.4 Å². The average Bonchev–Trinajstić information content (AvgIpc) is 3.25. The Morgan fingerprint density at radius 3 is 2.71 bits per heavy atom. The van der Waals surface area contributed by atoms with Gasteiger partial charge in [0.2, 0.25) is 5.91 Å². The predicted molar refractivity (Wildman–Crippen MR) is 94.2 cm³/mol. The first-order valence-electron chi connectivity index (χ1n) is 7.80. The van der Waals surface area contributed by atoms with Gasteiger partial charge in [-0.3, -0.25) is 9.69 Å². The van der Waals surface area contributed by atoms with Crippen LogP contribution in [-0.2, 0) is 10.5 Å². The highest BCUT2D eigenvalue weighted by Gasteiger charge is 2.56. The quantitative estimate of drug-likeness (QED) is 0.898. The molecule has 0 bridgehead atoms. The Labute approximate surface area is 148 Å². The number of carbonyl (C=O) groups is 1. The molecule has 6 heteroatoms. The number of hydrogen-bond acceptors (Lipinski definition) is 5. The summed E-state index contributed by atoms with van der Waals surface area (Å²) in [5.74, 6) is -0.0947. The van der Waals surface area contributed by atoms with Crippen LogP contribution in [0.25, 0.3) is 0 Å². The van der Waals surface area contributed by atoms with Crippen LogP contribution in [0.1, 0.15) is 22.8 Å². The minimum atomic E-state index is -1.33. The lowest BCUT2D eigenvalue weighted by molar-refractivity contribution is -0.163. The van der Waals surface area contributed by atoms with Gasteiger partial charge in [-0.15, -0.1) is 23.1 Å². The maximum absolute atomic E-state index is 12.9. The van der Waals surface area contributed by atoms with Gasteiger partial charge in [-0.1, -0.05) is 36.4 Å². The maximum Gasteiger partial charge on any atom is 0.226 e. The second-order valence-corrected chi connectivity index (χ2v) is 8.21. The van der Waals surface area contributed by atoms with Crippen LogP contribution in [0.4, 0.5) is 0 Å². The zero-order valence-electron chi connectivity index (χ0n) is 12.8. The van der Waals surface area contributed by atoms with Crippen molar-refractivity contribution >= 4 is 29.0 Å². The molecule has 2 aliphatic heterocycles. The number of nitriles is 1. The minimum absolute atomic E-state index is 0.0822. The van der Waals surface area contributed by atoms with E-state index in [2.05, 4.69) is 6.07 Å². The van der Waals surface area contributed by atoms with Crippen molar-refractivity contribution in [1.29, 1.82) is 5.26 Å². The smallest absolute Gasteiger partial charge is 0.226 e. The molecule has 4 nitrogen and oxygen atoms in total. The van der Waals surface area contributed by atoms with Crippen molar-refractivity contribution in [3.8, 4) is 6.07 Å². The number of nitrogens with zero attached hydrogens (tertiary/aromatic N) is 2. The van der Waals surface area contributed by atoms with E-state index < -0.39 is 5.72 Å². The maximum atomic E-state index is 12.9. The van der Waals surface area contributed by atoms with Crippen LogP contribution in [0, 0.1) is 17.2 Å². The fourth-order valence-electron chi connectivity index (χ4n) is 3.64. The van der Waals surface area contributed by atoms with Crippen molar-refractivity contribution in [3.05, 3.63) is 58.3 Å². The molecular formula is C18H16N2O2S2. The molecule has 2 aromatic rings. The molecule has 4 atom stereocenters. The van der Waals surface area contributed by atoms with Gasteiger partial charge in [0.1, 0.15) is 0 Å². The van der Waals surface area contributed by atoms with E-state index in [0.717, 1.165) is 4.88 Å². The zero-order valence-corrected chi connectivity index (χ0v) is 14.5. The Morgan fingerprint density at radius 1 is 1.25 bits per heavy atom. The van der Waals surface area contributed by atoms with Gasteiger partial charge < -0.3 is 5.11 Å². The van der Waals surface area contributed by atoms with Gasteiger partial charge in [0, 0.05) is 28.5 Å². The van der Waals surface area contributed by atoms with E-state index in [1.54, 1.807) is 16.2 Å². The molecule has 2 saturated heterocycles. The standard InChI is InChI=1S/C18H16N2O2S2/c19-10-14-13(15-7-4-8-23-15)9-16(21)20-17(14)24-11-18(20,22)12-5-2-1-3-6-12/h1-8,13-14,17,22H,9,11H2. The molecule has 3 heterocycles. The molecule has 0 spiro atoms. The number of thioether (sulfide) groups is 1. The third kappa shape index (κ3) is 2.27. The lowest BCUT2D eigenvalue weighted by atomic mass is 9.83. The SMILES string of the molecule is N#CC1C(c2cccs2)CC(=O)N2C1SCC2(O)c1ccccc1. The van der Waals surface area contributed by atoms with E-state index in [4.69, 9.17) is 0 Å². The molecule has 122 valence electrons. The number of rotatable bonds is 2. The molecule has 2 fully saturated rings. The summed E-state index contributed by atoms with van der Waals surface area (Å²) in [6.45, 7) is 0. The van der Waals surface area contributed by atoms with E-state index in [-0.39, 0.29) is 29.5 Å². The van der Waals surface area contributed by atoms with Crippen molar-refractivity contribution in [3.63, 3.8) is 0 Å². The number of thiophene rings is 1. The highest BCUT2D eigenvalue weighted by Crippen LogP contribution is 2.52. The van der Waals surface area contributed by atoms with Crippen molar-refractivity contribution < 1.29 is 9.90 Å². The summed E-state index contributed by atoms with van der Waals surface area (Å²) in [4.78, 5) is 15.5. The van der Waals surface area contributed by atoms with E-state index in [0.29, 0.717) is 11.3 Å². The first-order valence-corrected chi connectivity index (χ1v) is 9.72. The summed E-state index contributed by atoms with van der Waals surface area (Å²) >= 11 is 3.09. The summed E-state index contributed by atoms with van der Waals surface area (Å²) in [5.41, 5.74) is -0.622. The van der Waals surface area contributed by atoms with Crippen molar-refractivity contribution in [2.75, 3.05) is 5.75 Å². The van der Waals surface area contributed by atoms with Gasteiger partial charge in [0.25, 0.3) is 0 Å². The first kappa shape index (κ1) is 15.7. The predicted octanol–water partition coefficient (Wildman–Crippen LogP) is 3.12. The van der Waals surface area contributed by atoms with Gasteiger partial charge >= 0.3 is 0 Å². The Bertz CT molecular complexity index is 787.